The normalized spacial score (nSPS) is 28.2. The minimum atomic E-state index is -0.722. The fourth-order valence-corrected chi connectivity index (χ4v) is 3.16. The zero-order valence-corrected chi connectivity index (χ0v) is 11.2. The van der Waals surface area contributed by atoms with Crippen molar-refractivity contribution in [3.63, 3.8) is 0 Å². The highest BCUT2D eigenvalue weighted by molar-refractivity contribution is 5.08. The number of imidazole rings is 1. The summed E-state index contributed by atoms with van der Waals surface area (Å²) in [5, 5.41) is 10.9. The van der Waals surface area contributed by atoms with Gasteiger partial charge in [0.2, 0.25) is 0 Å². The van der Waals surface area contributed by atoms with Crippen LogP contribution in [0.2, 0.25) is 0 Å². The second-order valence-electron chi connectivity index (χ2n) is 6.17. The third kappa shape index (κ3) is 2.54. The first-order valence-electron chi connectivity index (χ1n) is 6.71. The predicted octanol–water partition coefficient (Wildman–Crippen LogP) is 3.08. The Morgan fingerprint density at radius 2 is 2.18 bits per heavy atom. The summed E-state index contributed by atoms with van der Waals surface area (Å²) in [6.45, 7) is 7.57. The lowest BCUT2D eigenvalue weighted by Crippen LogP contribution is -2.38. The fraction of sp³-hybridized carbons (Fsp3) is 0.786. The van der Waals surface area contributed by atoms with Gasteiger partial charge in [0.1, 0.15) is 11.4 Å². The molecule has 1 atom stereocenters. The quantitative estimate of drug-likeness (QED) is 0.875. The molecule has 0 radical (unpaired) electrons. The van der Waals surface area contributed by atoms with Crippen molar-refractivity contribution in [1.82, 2.24) is 9.55 Å². The van der Waals surface area contributed by atoms with Gasteiger partial charge in [-0.15, -0.1) is 0 Å². The van der Waals surface area contributed by atoms with Crippen LogP contribution in [0.1, 0.15) is 58.7 Å². The van der Waals surface area contributed by atoms with E-state index in [-0.39, 0.29) is 5.41 Å². The molecule has 3 heteroatoms. The molecule has 1 heterocycles. The summed E-state index contributed by atoms with van der Waals surface area (Å²) in [5.41, 5.74) is -0.504. The highest BCUT2D eigenvalue weighted by Crippen LogP contribution is 2.45. The van der Waals surface area contributed by atoms with Gasteiger partial charge in [-0.25, -0.2) is 4.98 Å². The Bertz CT molecular complexity index is 383. The maximum atomic E-state index is 10.9. The SMILES string of the molecule is CCCn1ccnc1C1(O)CCCC(C)(C)C1. The second-order valence-corrected chi connectivity index (χ2v) is 6.17. The molecule has 0 spiro atoms. The minimum absolute atomic E-state index is 0.218. The average Bonchev–Trinajstić information content (AvgIpc) is 2.65. The van der Waals surface area contributed by atoms with E-state index in [1.165, 1.54) is 6.42 Å². The molecule has 96 valence electrons. The van der Waals surface area contributed by atoms with E-state index in [1.807, 2.05) is 12.4 Å². The molecule has 2 rings (SSSR count). The van der Waals surface area contributed by atoms with Crippen molar-refractivity contribution in [2.45, 2.75) is 65.0 Å². The summed E-state index contributed by atoms with van der Waals surface area (Å²) in [7, 11) is 0. The van der Waals surface area contributed by atoms with Gasteiger partial charge < -0.3 is 9.67 Å². The van der Waals surface area contributed by atoms with Crippen LogP contribution in [-0.2, 0) is 12.1 Å². The molecule has 17 heavy (non-hydrogen) atoms. The summed E-state index contributed by atoms with van der Waals surface area (Å²) >= 11 is 0. The monoisotopic (exact) mass is 236 g/mol. The van der Waals surface area contributed by atoms with Gasteiger partial charge in [-0.3, -0.25) is 0 Å². The first kappa shape index (κ1) is 12.6. The van der Waals surface area contributed by atoms with Crippen LogP contribution in [0.25, 0.3) is 0 Å². The van der Waals surface area contributed by atoms with E-state index in [4.69, 9.17) is 0 Å². The molecule has 1 saturated carbocycles. The number of hydrogen-bond donors (Lipinski definition) is 1. The van der Waals surface area contributed by atoms with Crippen molar-refractivity contribution in [1.29, 1.82) is 0 Å². The van der Waals surface area contributed by atoms with Crippen LogP contribution in [0, 0.1) is 5.41 Å². The van der Waals surface area contributed by atoms with Gasteiger partial charge in [0.15, 0.2) is 0 Å². The Labute approximate surface area is 104 Å². The van der Waals surface area contributed by atoms with E-state index >= 15 is 0 Å². The van der Waals surface area contributed by atoms with Crippen molar-refractivity contribution < 1.29 is 5.11 Å². The lowest BCUT2D eigenvalue weighted by atomic mass is 9.69. The number of hydrogen-bond acceptors (Lipinski definition) is 2. The number of aliphatic hydroxyl groups is 1. The van der Waals surface area contributed by atoms with Gasteiger partial charge >= 0.3 is 0 Å². The lowest BCUT2D eigenvalue weighted by molar-refractivity contribution is -0.0533. The Morgan fingerprint density at radius 1 is 1.41 bits per heavy atom. The van der Waals surface area contributed by atoms with E-state index in [9.17, 15) is 5.11 Å². The minimum Gasteiger partial charge on any atom is -0.382 e. The van der Waals surface area contributed by atoms with Crippen LogP contribution in [0.5, 0.6) is 0 Å². The van der Waals surface area contributed by atoms with E-state index in [0.29, 0.717) is 0 Å². The van der Waals surface area contributed by atoms with Crippen molar-refractivity contribution >= 4 is 0 Å². The van der Waals surface area contributed by atoms with Crippen molar-refractivity contribution in [3.05, 3.63) is 18.2 Å². The Balaban J connectivity index is 2.27. The molecule has 1 aromatic rings. The first-order valence-corrected chi connectivity index (χ1v) is 6.71. The molecular weight excluding hydrogens is 212 g/mol. The largest absolute Gasteiger partial charge is 0.382 e. The van der Waals surface area contributed by atoms with Crippen molar-refractivity contribution in [2.24, 2.45) is 5.41 Å². The van der Waals surface area contributed by atoms with Crippen LogP contribution in [-0.4, -0.2) is 14.7 Å². The van der Waals surface area contributed by atoms with Crippen LogP contribution in [0.4, 0.5) is 0 Å². The van der Waals surface area contributed by atoms with Gasteiger partial charge in [0.05, 0.1) is 0 Å². The van der Waals surface area contributed by atoms with Crippen molar-refractivity contribution in [2.75, 3.05) is 0 Å². The molecule has 0 aromatic carbocycles. The van der Waals surface area contributed by atoms with Crippen LogP contribution in [0.15, 0.2) is 12.4 Å². The van der Waals surface area contributed by atoms with Gasteiger partial charge in [-0.05, 0) is 37.5 Å². The number of nitrogens with zero attached hydrogens (tertiary/aromatic N) is 2. The van der Waals surface area contributed by atoms with Crippen LogP contribution >= 0.6 is 0 Å². The maximum absolute atomic E-state index is 10.9. The third-order valence-corrected chi connectivity index (χ3v) is 3.81. The zero-order chi connectivity index (χ0) is 12.5. The zero-order valence-electron chi connectivity index (χ0n) is 11.2. The molecule has 1 aliphatic carbocycles. The summed E-state index contributed by atoms with van der Waals surface area (Å²) in [4.78, 5) is 4.41. The van der Waals surface area contributed by atoms with Crippen molar-refractivity contribution in [3.8, 4) is 0 Å². The Morgan fingerprint density at radius 3 is 2.82 bits per heavy atom. The smallest absolute Gasteiger partial charge is 0.140 e. The average molecular weight is 236 g/mol. The molecule has 1 aromatic heterocycles. The maximum Gasteiger partial charge on any atom is 0.140 e. The molecule has 0 saturated heterocycles. The summed E-state index contributed by atoms with van der Waals surface area (Å²) in [6.07, 6.45) is 8.82. The summed E-state index contributed by atoms with van der Waals surface area (Å²) in [6, 6.07) is 0. The molecular formula is C14H24N2O. The third-order valence-electron chi connectivity index (χ3n) is 3.81. The standard InChI is InChI=1S/C14H24N2O/c1-4-9-16-10-8-15-12(16)14(17)7-5-6-13(2,3)11-14/h8,10,17H,4-7,9,11H2,1-3H3. The van der Waals surface area contributed by atoms with Gasteiger partial charge in [-0.1, -0.05) is 20.8 Å². The molecule has 0 aliphatic heterocycles. The Kier molecular flexibility index (Phi) is 3.30. The van der Waals surface area contributed by atoms with E-state index in [1.54, 1.807) is 0 Å². The highest BCUT2D eigenvalue weighted by atomic mass is 16.3. The van der Waals surface area contributed by atoms with E-state index in [0.717, 1.165) is 38.1 Å². The topological polar surface area (TPSA) is 38.0 Å². The van der Waals surface area contributed by atoms with Gasteiger partial charge in [0, 0.05) is 18.9 Å². The van der Waals surface area contributed by atoms with E-state index in [2.05, 4.69) is 30.3 Å². The van der Waals surface area contributed by atoms with Crippen LogP contribution < -0.4 is 0 Å². The number of aryl methyl sites for hydroxylation is 1. The number of rotatable bonds is 3. The molecule has 1 fully saturated rings. The molecule has 1 aliphatic rings. The summed E-state index contributed by atoms with van der Waals surface area (Å²) < 4.78 is 2.11. The fourth-order valence-electron chi connectivity index (χ4n) is 3.16. The van der Waals surface area contributed by atoms with Gasteiger partial charge in [-0.2, -0.15) is 0 Å². The molecule has 1 unspecified atom stereocenters. The highest BCUT2D eigenvalue weighted by Gasteiger charge is 2.42. The second kappa shape index (κ2) is 4.45. The van der Waals surface area contributed by atoms with E-state index < -0.39 is 5.60 Å². The lowest BCUT2D eigenvalue weighted by Gasteiger charge is -2.41. The first-order chi connectivity index (χ1) is 7.97. The Hall–Kier alpha value is -0.830. The van der Waals surface area contributed by atoms with Crippen LogP contribution in [0.3, 0.4) is 0 Å². The molecule has 1 N–H and O–H groups in total. The molecule has 0 amide bonds. The molecule has 0 bridgehead atoms. The molecule has 3 nitrogen and oxygen atoms in total. The predicted molar refractivity (Wildman–Crippen MR) is 68.7 cm³/mol. The number of aromatic nitrogens is 2. The summed E-state index contributed by atoms with van der Waals surface area (Å²) in [5.74, 6) is 0.868. The van der Waals surface area contributed by atoms with Gasteiger partial charge in [0.25, 0.3) is 0 Å².